The normalized spacial score (nSPS) is 18.5. The Kier molecular flexibility index (Phi) is 6.38. The molecule has 2 heterocycles. The minimum absolute atomic E-state index is 0.0838. The van der Waals surface area contributed by atoms with E-state index in [0.717, 1.165) is 12.8 Å². The first kappa shape index (κ1) is 20.9. The Hall–Kier alpha value is -2.40. The lowest BCUT2D eigenvalue weighted by molar-refractivity contribution is -0.144. The molecule has 4 nitrogen and oxygen atoms in total. The number of benzene rings is 1. The SMILES string of the molecule is C=CCNC(=O)C1(Cc2ccc(-c3cccs3)cc2)CCN(C(=O)C2CCC2)CC1. The number of carbonyl (C=O) groups excluding carboxylic acids is 2. The van der Waals surface area contributed by atoms with Crippen molar-refractivity contribution in [2.75, 3.05) is 19.6 Å². The van der Waals surface area contributed by atoms with E-state index in [4.69, 9.17) is 0 Å². The Morgan fingerprint density at radius 1 is 1.17 bits per heavy atom. The van der Waals surface area contributed by atoms with Crippen LogP contribution in [0.25, 0.3) is 10.4 Å². The summed E-state index contributed by atoms with van der Waals surface area (Å²) in [6, 6.07) is 12.8. The van der Waals surface area contributed by atoms with Gasteiger partial charge >= 0.3 is 0 Å². The first-order chi connectivity index (χ1) is 14.6. The number of hydrogen-bond donors (Lipinski definition) is 1. The molecule has 2 aromatic rings. The van der Waals surface area contributed by atoms with Gasteiger partial charge in [0.15, 0.2) is 0 Å². The van der Waals surface area contributed by atoms with E-state index in [1.807, 2.05) is 4.90 Å². The van der Waals surface area contributed by atoms with Gasteiger partial charge in [-0.2, -0.15) is 0 Å². The molecule has 5 heteroatoms. The monoisotopic (exact) mass is 422 g/mol. The van der Waals surface area contributed by atoms with Crippen LogP contribution in [0.15, 0.2) is 54.4 Å². The van der Waals surface area contributed by atoms with E-state index in [-0.39, 0.29) is 11.8 Å². The van der Waals surface area contributed by atoms with E-state index < -0.39 is 5.41 Å². The first-order valence-electron chi connectivity index (χ1n) is 10.9. The standard InChI is InChI=1S/C25H30N2O2S/c1-2-14-26-24(29)25(12-15-27(16-13-25)23(28)21-5-3-6-21)18-19-8-10-20(11-9-19)22-7-4-17-30-22/h2,4,7-11,17,21H,1,3,5-6,12-16,18H2,(H,26,29). The Morgan fingerprint density at radius 2 is 1.90 bits per heavy atom. The van der Waals surface area contributed by atoms with Crippen molar-refractivity contribution in [1.29, 1.82) is 0 Å². The average molecular weight is 423 g/mol. The number of carbonyl (C=O) groups is 2. The van der Waals surface area contributed by atoms with Gasteiger partial charge in [-0.3, -0.25) is 9.59 Å². The number of hydrogen-bond acceptors (Lipinski definition) is 3. The molecular weight excluding hydrogens is 392 g/mol. The molecule has 1 aliphatic heterocycles. The van der Waals surface area contributed by atoms with E-state index in [9.17, 15) is 9.59 Å². The maximum atomic E-state index is 13.2. The van der Waals surface area contributed by atoms with Gasteiger partial charge in [-0.15, -0.1) is 17.9 Å². The molecule has 1 saturated carbocycles. The van der Waals surface area contributed by atoms with Gasteiger partial charge in [0.2, 0.25) is 11.8 Å². The fraction of sp³-hybridized carbons (Fsp3) is 0.440. The van der Waals surface area contributed by atoms with Crippen molar-refractivity contribution in [2.45, 2.75) is 38.5 Å². The Bertz CT molecular complexity index is 876. The number of likely N-dealkylation sites (tertiary alicyclic amines) is 1. The molecule has 2 fully saturated rings. The maximum Gasteiger partial charge on any atom is 0.226 e. The molecule has 1 aliphatic carbocycles. The molecule has 1 N–H and O–H groups in total. The summed E-state index contributed by atoms with van der Waals surface area (Å²) in [5, 5.41) is 5.11. The van der Waals surface area contributed by atoms with Crippen molar-refractivity contribution in [3.63, 3.8) is 0 Å². The molecule has 0 spiro atoms. The second kappa shape index (κ2) is 9.17. The first-order valence-corrected chi connectivity index (χ1v) is 11.8. The summed E-state index contributed by atoms with van der Waals surface area (Å²) in [7, 11) is 0. The molecule has 1 aromatic carbocycles. The molecule has 0 unspecified atom stereocenters. The van der Waals surface area contributed by atoms with Crippen LogP contribution < -0.4 is 5.32 Å². The average Bonchev–Trinajstić information content (AvgIpc) is 3.26. The summed E-state index contributed by atoms with van der Waals surface area (Å²) in [4.78, 5) is 29.1. The predicted molar refractivity (Wildman–Crippen MR) is 122 cm³/mol. The third-order valence-corrected chi connectivity index (χ3v) is 7.60. The lowest BCUT2D eigenvalue weighted by atomic mass is 9.72. The van der Waals surface area contributed by atoms with Gasteiger partial charge in [0.25, 0.3) is 0 Å². The van der Waals surface area contributed by atoms with Crippen LogP contribution in [0.5, 0.6) is 0 Å². The van der Waals surface area contributed by atoms with Crippen LogP contribution in [0.2, 0.25) is 0 Å². The molecule has 0 bridgehead atoms. The van der Waals surface area contributed by atoms with Gasteiger partial charge in [-0.25, -0.2) is 0 Å². The van der Waals surface area contributed by atoms with Crippen LogP contribution in [0, 0.1) is 11.3 Å². The summed E-state index contributed by atoms with van der Waals surface area (Å²) < 4.78 is 0. The van der Waals surface area contributed by atoms with Gasteiger partial charge in [-0.1, -0.05) is 42.8 Å². The largest absolute Gasteiger partial charge is 0.352 e. The highest BCUT2D eigenvalue weighted by Gasteiger charge is 2.43. The number of nitrogens with zero attached hydrogens (tertiary/aromatic N) is 1. The summed E-state index contributed by atoms with van der Waals surface area (Å²) in [5.74, 6) is 0.596. The van der Waals surface area contributed by atoms with Crippen LogP contribution in [-0.4, -0.2) is 36.3 Å². The third-order valence-electron chi connectivity index (χ3n) is 6.68. The second-order valence-corrected chi connectivity index (χ2v) is 9.53. The minimum atomic E-state index is -0.468. The van der Waals surface area contributed by atoms with E-state index in [0.29, 0.717) is 44.8 Å². The van der Waals surface area contributed by atoms with Crippen molar-refractivity contribution in [1.82, 2.24) is 10.2 Å². The summed E-state index contributed by atoms with van der Waals surface area (Å²) in [6.07, 6.45) is 7.05. The van der Waals surface area contributed by atoms with E-state index in [1.165, 1.54) is 22.4 Å². The predicted octanol–water partition coefficient (Wildman–Crippen LogP) is 4.67. The van der Waals surface area contributed by atoms with E-state index in [2.05, 4.69) is 53.7 Å². The van der Waals surface area contributed by atoms with Crippen molar-refractivity contribution in [3.8, 4) is 10.4 Å². The van der Waals surface area contributed by atoms with Crippen molar-refractivity contribution in [3.05, 3.63) is 60.0 Å². The van der Waals surface area contributed by atoms with Gasteiger partial charge in [-0.05, 0) is 54.7 Å². The van der Waals surface area contributed by atoms with Crippen LogP contribution >= 0.6 is 11.3 Å². The highest BCUT2D eigenvalue weighted by molar-refractivity contribution is 7.13. The zero-order valence-corrected chi connectivity index (χ0v) is 18.3. The molecule has 2 amide bonds. The molecule has 0 atom stereocenters. The van der Waals surface area contributed by atoms with Crippen LogP contribution in [0.1, 0.15) is 37.7 Å². The van der Waals surface area contributed by atoms with Gasteiger partial charge in [0, 0.05) is 30.4 Å². The summed E-state index contributed by atoms with van der Waals surface area (Å²) >= 11 is 1.73. The number of thiophene rings is 1. The number of piperidine rings is 1. The Balaban J connectivity index is 1.48. The highest BCUT2D eigenvalue weighted by atomic mass is 32.1. The van der Waals surface area contributed by atoms with Crippen molar-refractivity contribution in [2.24, 2.45) is 11.3 Å². The molecule has 158 valence electrons. The lowest BCUT2D eigenvalue weighted by Gasteiger charge is -2.42. The molecule has 2 aliphatic rings. The molecular formula is C25H30N2O2S. The van der Waals surface area contributed by atoms with Crippen molar-refractivity contribution >= 4 is 23.2 Å². The molecule has 0 radical (unpaired) electrons. The number of nitrogens with one attached hydrogen (secondary N) is 1. The van der Waals surface area contributed by atoms with Gasteiger partial charge < -0.3 is 10.2 Å². The number of rotatable bonds is 7. The topological polar surface area (TPSA) is 49.4 Å². The van der Waals surface area contributed by atoms with Crippen molar-refractivity contribution < 1.29 is 9.59 Å². The zero-order chi connectivity index (χ0) is 21.0. The summed E-state index contributed by atoms with van der Waals surface area (Å²) in [6.45, 7) is 5.54. The molecule has 30 heavy (non-hydrogen) atoms. The fourth-order valence-corrected chi connectivity index (χ4v) is 5.26. The van der Waals surface area contributed by atoms with Crippen LogP contribution in [-0.2, 0) is 16.0 Å². The van der Waals surface area contributed by atoms with E-state index in [1.54, 1.807) is 17.4 Å². The van der Waals surface area contributed by atoms with Crippen LogP contribution in [0.4, 0.5) is 0 Å². The third kappa shape index (κ3) is 4.36. The fourth-order valence-electron chi connectivity index (χ4n) is 4.53. The minimum Gasteiger partial charge on any atom is -0.352 e. The number of amides is 2. The van der Waals surface area contributed by atoms with E-state index >= 15 is 0 Å². The highest BCUT2D eigenvalue weighted by Crippen LogP contribution is 2.38. The molecule has 1 saturated heterocycles. The molecule has 4 rings (SSSR count). The molecule has 1 aromatic heterocycles. The smallest absolute Gasteiger partial charge is 0.226 e. The Morgan fingerprint density at radius 3 is 2.47 bits per heavy atom. The lowest BCUT2D eigenvalue weighted by Crippen LogP contribution is -2.52. The maximum absolute atomic E-state index is 13.2. The van der Waals surface area contributed by atoms with Crippen LogP contribution in [0.3, 0.4) is 0 Å². The van der Waals surface area contributed by atoms with Gasteiger partial charge in [0.1, 0.15) is 0 Å². The quantitative estimate of drug-likeness (QED) is 0.659. The Labute approximate surface area is 183 Å². The summed E-state index contributed by atoms with van der Waals surface area (Å²) in [5.41, 5.74) is 1.91. The van der Waals surface area contributed by atoms with Gasteiger partial charge in [0.05, 0.1) is 5.41 Å². The zero-order valence-electron chi connectivity index (χ0n) is 17.4. The second-order valence-electron chi connectivity index (χ2n) is 8.58.